The van der Waals surface area contributed by atoms with Crippen LogP contribution in [0.3, 0.4) is 0 Å². The lowest BCUT2D eigenvalue weighted by Gasteiger charge is -2.31. The molecule has 5 nitrogen and oxygen atoms in total. The molecule has 0 radical (unpaired) electrons. The molecule has 2 saturated heterocycles. The second kappa shape index (κ2) is 8.39. The molecule has 0 unspecified atom stereocenters. The van der Waals surface area contributed by atoms with Crippen LogP contribution in [0.15, 0.2) is 42.7 Å². The normalized spacial score (nSPS) is 25.8. The summed E-state index contributed by atoms with van der Waals surface area (Å²) in [5, 5.41) is 3.36. The van der Waals surface area contributed by atoms with Crippen molar-refractivity contribution < 1.29 is 4.79 Å². The molecule has 2 fully saturated rings. The average molecular weight is 379 g/mol. The molecule has 1 aromatic heterocycles. The van der Waals surface area contributed by atoms with Gasteiger partial charge in [0, 0.05) is 55.3 Å². The molecule has 1 aromatic carbocycles. The molecule has 5 heteroatoms. The largest absolute Gasteiger partial charge is 0.351 e. The van der Waals surface area contributed by atoms with Crippen molar-refractivity contribution in [2.24, 2.45) is 0 Å². The highest BCUT2D eigenvalue weighted by Crippen LogP contribution is 2.36. The Hall–Kier alpha value is -2.27. The van der Waals surface area contributed by atoms with Gasteiger partial charge >= 0.3 is 0 Å². The predicted octanol–water partition coefficient (Wildman–Crippen LogP) is 3.63. The van der Waals surface area contributed by atoms with E-state index < -0.39 is 0 Å². The van der Waals surface area contributed by atoms with Gasteiger partial charge in [-0.3, -0.25) is 9.69 Å². The third kappa shape index (κ3) is 4.09. The van der Waals surface area contributed by atoms with Gasteiger partial charge in [0.15, 0.2) is 0 Å². The minimum atomic E-state index is 0.172. The van der Waals surface area contributed by atoms with Gasteiger partial charge in [0.1, 0.15) is 5.82 Å². The second-order valence-electron chi connectivity index (χ2n) is 8.46. The molecule has 3 heterocycles. The maximum absolute atomic E-state index is 12.4. The van der Waals surface area contributed by atoms with Crippen molar-refractivity contribution in [3.05, 3.63) is 59.7 Å². The quantitative estimate of drug-likeness (QED) is 0.883. The van der Waals surface area contributed by atoms with Crippen LogP contribution in [0.4, 0.5) is 0 Å². The van der Waals surface area contributed by atoms with E-state index in [1.54, 1.807) is 0 Å². The number of fused-ring (bicyclic) bond motifs is 1. The Morgan fingerprint density at radius 2 is 1.89 bits per heavy atom. The minimum Gasteiger partial charge on any atom is -0.351 e. The molecule has 28 heavy (non-hydrogen) atoms. The second-order valence-corrected chi connectivity index (χ2v) is 8.46. The number of nitrogens with one attached hydrogen (secondary N) is 1. The number of carbonyl (C=O) groups is 1. The SMILES string of the molecule is CC(C)c1ncc(CN2C[C@@H](c3ccccc3)[C@@H]3NC(=O)CCCC[C@H]32)cn1. The van der Waals surface area contributed by atoms with Crippen LogP contribution in [-0.4, -0.2) is 39.4 Å². The average Bonchev–Trinajstić information content (AvgIpc) is 3.01. The molecule has 0 spiro atoms. The monoisotopic (exact) mass is 378 g/mol. The zero-order valence-corrected chi connectivity index (χ0v) is 16.8. The first-order valence-electron chi connectivity index (χ1n) is 10.5. The van der Waals surface area contributed by atoms with E-state index in [0.29, 0.717) is 24.3 Å². The summed E-state index contributed by atoms with van der Waals surface area (Å²) in [5.74, 6) is 1.75. The van der Waals surface area contributed by atoms with Gasteiger partial charge in [-0.15, -0.1) is 0 Å². The Kier molecular flexibility index (Phi) is 5.72. The van der Waals surface area contributed by atoms with E-state index in [1.165, 1.54) is 5.56 Å². The van der Waals surface area contributed by atoms with Crippen LogP contribution in [0.1, 0.15) is 68.3 Å². The van der Waals surface area contributed by atoms with Crippen LogP contribution in [0.25, 0.3) is 0 Å². The Bertz CT molecular complexity index is 790. The highest BCUT2D eigenvalue weighted by Gasteiger charge is 2.43. The standard InChI is InChI=1S/C23H30N4O/c1-16(2)23-24-12-17(13-25-23)14-27-15-19(18-8-4-3-5-9-18)22-20(27)10-6-7-11-21(28)26-22/h3-5,8-9,12-13,16,19-20,22H,6-7,10-11,14-15H2,1-2H3,(H,26,28)/t19-,20+,22-/m0/s1. The molecular formula is C23H30N4O. The maximum Gasteiger partial charge on any atom is 0.220 e. The summed E-state index contributed by atoms with van der Waals surface area (Å²) in [4.78, 5) is 24.0. The van der Waals surface area contributed by atoms with E-state index >= 15 is 0 Å². The van der Waals surface area contributed by atoms with E-state index in [2.05, 4.69) is 64.4 Å². The molecule has 2 aliphatic rings. The summed E-state index contributed by atoms with van der Waals surface area (Å²) in [6.07, 6.45) is 7.79. The van der Waals surface area contributed by atoms with Crippen molar-refractivity contribution in [3.8, 4) is 0 Å². The highest BCUT2D eigenvalue weighted by atomic mass is 16.1. The first-order chi connectivity index (χ1) is 13.6. The van der Waals surface area contributed by atoms with Gasteiger partial charge in [-0.1, -0.05) is 50.6 Å². The van der Waals surface area contributed by atoms with Gasteiger partial charge in [-0.25, -0.2) is 9.97 Å². The summed E-state index contributed by atoms with van der Waals surface area (Å²) >= 11 is 0. The number of carbonyl (C=O) groups excluding carboxylic acids is 1. The molecule has 0 saturated carbocycles. The van der Waals surface area contributed by atoms with Gasteiger partial charge < -0.3 is 5.32 Å². The molecular weight excluding hydrogens is 348 g/mol. The third-order valence-electron chi connectivity index (χ3n) is 6.08. The summed E-state index contributed by atoms with van der Waals surface area (Å²) in [5.41, 5.74) is 2.46. The van der Waals surface area contributed by atoms with Crippen LogP contribution in [0.2, 0.25) is 0 Å². The number of nitrogens with zero attached hydrogens (tertiary/aromatic N) is 3. The predicted molar refractivity (Wildman–Crippen MR) is 110 cm³/mol. The number of aromatic nitrogens is 2. The van der Waals surface area contributed by atoms with Gasteiger partial charge in [-0.2, -0.15) is 0 Å². The van der Waals surface area contributed by atoms with Crippen LogP contribution in [0.5, 0.6) is 0 Å². The van der Waals surface area contributed by atoms with Gasteiger partial charge in [0.25, 0.3) is 0 Å². The lowest BCUT2D eigenvalue weighted by molar-refractivity contribution is -0.122. The first-order valence-corrected chi connectivity index (χ1v) is 10.5. The number of rotatable bonds is 4. The van der Waals surface area contributed by atoms with Crippen LogP contribution >= 0.6 is 0 Å². The van der Waals surface area contributed by atoms with E-state index in [0.717, 1.165) is 43.7 Å². The Balaban J connectivity index is 1.58. The number of amides is 1. The lowest BCUT2D eigenvalue weighted by atomic mass is 9.88. The summed E-state index contributed by atoms with van der Waals surface area (Å²) < 4.78 is 0. The smallest absolute Gasteiger partial charge is 0.220 e. The zero-order chi connectivity index (χ0) is 19.5. The fourth-order valence-corrected chi connectivity index (χ4v) is 4.63. The number of hydrogen-bond donors (Lipinski definition) is 1. The van der Waals surface area contributed by atoms with E-state index in [4.69, 9.17) is 0 Å². The topological polar surface area (TPSA) is 58.1 Å². The molecule has 0 bridgehead atoms. The molecule has 4 rings (SSSR count). The van der Waals surface area contributed by atoms with Gasteiger partial charge in [-0.05, 0) is 18.4 Å². The van der Waals surface area contributed by atoms with E-state index in [-0.39, 0.29) is 11.9 Å². The molecule has 3 atom stereocenters. The van der Waals surface area contributed by atoms with Crippen LogP contribution in [-0.2, 0) is 11.3 Å². The Labute approximate surface area is 167 Å². The molecule has 2 aliphatic heterocycles. The van der Waals surface area contributed by atoms with Crippen molar-refractivity contribution in [1.29, 1.82) is 0 Å². The van der Waals surface area contributed by atoms with Crippen LogP contribution < -0.4 is 5.32 Å². The van der Waals surface area contributed by atoms with Gasteiger partial charge in [0.05, 0.1) is 6.04 Å². The Morgan fingerprint density at radius 3 is 2.61 bits per heavy atom. The fraction of sp³-hybridized carbons (Fsp3) is 0.522. The molecule has 1 N–H and O–H groups in total. The molecule has 2 aromatic rings. The maximum atomic E-state index is 12.4. The minimum absolute atomic E-state index is 0.172. The van der Waals surface area contributed by atoms with Crippen LogP contribution in [0, 0.1) is 0 Å². The van der Waals surface area contributed by atoms with Crippen molar-refractivity contribution >= 4 is 5.91 Å². The first kappa shape index (κ1) is 19.1. The number of hydrogen-bond acceptors (Lipinski definition) is 4. The fourth-order valence-electron chi connectivity index (χ4n) is 4.63. The lowest BCUT2D eigenvalue weighted by Crippen LogP contribution is -2.47. The summed E-state index contributed by atoms with van der Waals surface area (Å²) in [6, 6.07) is 11.2. The van der Waals surface area contributed by atoms with E-state index in [9.17, 15) is 4.79 Å². The van der Waals surface area contributed by atoms with Crippen molar-refractivity contribution in [1.82, 2.24) is 20.2 Å². The van der Waals surface area contributed by atoms with E-state index in [1.807, 2.05) is 12.4 Å². The summed E-state index contributed by atoms with van der Waals surface area (Å²) in [7, 11) is 0. The summed E-state index contributed by atoms with van der Waals surface area (Å²) in [6.45, 7) is 6.01. The third-order valence-corrected chi connectivity index (χ3v) is 6.08. The van der Waals surface area contributed by atoms with Crippen molar-refractivity contribution in [3.63, 3.8) is 0 Å². The molecule has 0 aliphatic carbocycles. The number of benzene rings is 1. The molecule has 148 valence electrons. The molecule has 1 amide bonds. The highest BCUT2D eigenvalue weighted by molar-refractivity contribution is 5.76. The van der Waals surface area contributed by atoms with Crippen molar-refractivity contribution in [2.45, 2.75) is 70.0 Å². The zero-order valence-electron chi connectivity index (χ0n) is 16.8. The number of likely N-dealkylation sites (tertiary alicyclic amines) is 1. The van der Waals surface area contributed by atoms with Crippen molar-refractivity contribution in [2.75, 3.05) is 6.54 Å². The Morgan fingerprint density at radius 1 is 1.14 bits per heavy atom. The van der Waals surface area contributed by atoms with Gasteiger partial charge in [0.2, 0.25) is 5.91 Å².